The summed E-state index contributed by atoms with van der Waals surface area (Å²) >= 11 is 1.66. The average molecular weight is 466 g/mol. The third kappa shape index (κ3) is 4.29. The van der Waals surface area contributed by atoms with Crippen LogP contribution in [0.4, 0.5) is 15.1 Å². The highest BCUT2D eigenvalue weighted by molar-refractivity contribution is 14.1. The van der Waals surface area contributed by atoms with E-state index >= 15 is 0 Å². The number of amides is 2. The molecule has 1 heterocycles. The topological polar surface area (TPSA) is 110 Å². The summed E-state index contributed by atoms with van der Waals surface area (Å²) in [4.78, 5) is 19.1. The highest BCUT2D eigenvalue weighted by Crippen LogP contribution is 2.21. The van der Waals surface area contributed by atoms with E-state index in [9.17, 15) is 17.6 Å². The number of anilines is 1. The maximum absolute atomic E-state index is 13.8. The van der Waals surface area contributed by atoms with Crippen molar-refractivity contribution in [1.82, 2.24) is 14.7 Å². The Bertz CT molecular complexity index is 871. The van der Waals surface area contributed by atoms with Crippen molar-refractivity contribution >= 4 is 44.6 Å². The molecule has 0 unspecified atom stereocenters. The number of methoxy groups -OCH3 is 1. The number of hydrogen-bond acceptors (Lipinski definition) is 6. The van der Waals surface area contributed by atoms with Gasteiger partial charge in [-0.15, -0.1) is 0 Å². The highest BCUT2D eigenvalue weighted by atomic mass is 127. The zero-order valence-corrected chi connectivity index (χ0v) is 15.5. The predicted octanol–water partition coefficient (Wildman–Crippen LogP) is 2.05. The Morgan fingerprint density at radius 2 is 2.04 bits per heavy atom. The Morgan fingerprint density at radius 3 is 2.67 bits per heavy atom. The van der Waals surface area contributed by atoms with Crippen molar-refractivity contribution < 1.29 is 22.3 Å². The molecule has 1 aromatic heterocycles. The van der Waals surface area contributed by atoms with Crippen LogP contribution in [-0.4, -0.2) is 31.5 Å². The van der Waals surface area contributed by atoms with Gasteiger partial charge < -0.3 is 4.74 Å². The van der Waals surface area contributed by atoms with E-state index < -0.39 is 26.8 Å². The average Bonchev–Trinajstić information content (AvgIpc) is 2.45. The van der Waals surface area contributed by atoms with E-state index in [1.165, 1.54) is 25.3 Å². The lowest BCUT2D eigenvalue weighted by atomic mass is 10.3. The normalized spacial score (nSPS) is 11.0. The van der Waals surface area contributed by atoms with Gasteiger partial charge in [-0.05, 0) is 41.6 Å². The first kappa shape index (κ1) is 18.3. The largest absolute Gasteiger partial charge is 0.481 e. The molecule has 1 aromatic carbocycles. The minimum Gasteiger partial charge on any atom is -0.481 e. The second-order valence-electron chi connectivity index (χ2n) is 4.49. The third-order valence-corrected chi connectivity index (χ3v) is 5.35. The number of sulfonamides is 1. The van der Waals surface area contributed by atoms with Crippen molar-refractivity contribution in [2.24, 2.45) is 0 Å². The van der Waals surface area contributed by atoms with Crippen molar-refractivity contribution in [2.75, 3.05) is 12.4 Å². The molecule has 0 atom stereocenters. The van der Waals surface area contributed by atoms with E-state index in [-0.39, 0.29) is 15.4 Å². The van der Waals surface area contributed by atoms with Gasteiger partial charge in [0.25, 0.3) is 10.0 Å². The minimum atomic E-state index is -4.40. The fourth-order valence-corrected chi connectivity index (χ4v) is 4.12. The Balaban J connectivity index is 2.22. The molecule has 2 amide bonds. The summed E-state index contributed by atoms with van der Waals surface area (Å²) in [6, 6.07) is 4.17. The molecule has 0 saturated heterocycles. The Kier molecular flexibility index (Phi) is 5.54. The van der Waals surface area contributed by atoms with Crippen LogP contribution in [0.3, 0.4) is 0 Å². The van der Waals surface area contributed by atoms with E-state index in [1.807, 2.05) is 0 Å². The number of rotatable bonds is 4. The molecular weight excluding hydrogens is 454 g/mol. The Labute approximate surface area is 151 Å². The summed E-state index contributed by atoms with van der Waals surface area (Å²) in [5, 5.41) is 2.17. The molecule has 0 saturated carbocycles. The molecule has 0 aliphatic heterocycles. The first-order valence-corrected chi connectivity index (χ1v) is 8.96. The van der Waals surface area contributed by atoms with Gasteiger partial charge in [0.15, 0.2) is 0 Å². The van der Waals surface area contributed by atoms with Gasteiger partial charge in [-0.3, -0.25) is 5.32 Å². The second-order valence-corrected chi connectivity index (χ2v) is 7.27. The maximum Gasteiger partial charge on any atom is 0.335 e. The van der Waals surface area contributed by atoms with Gasteiger partial charge in [0.2, 0.25) is 11.8 Å². The molecule has 0 spiro atoms. The molecular formula is C13H12FIN4O4S. The van der Waals surface area contributed by atoms with Crippen LogP contribution in [-0.2, 0) is 10.0 Å². The summed E-state index contributed by atoms with van der Waals surface area (Å²) in [5.74, 6) is -0.914. The van der Waals surface area contributed by atoms with Crippen LogP contribution < -0.4 is 14.8 Å². The van der Waals surface area contributed by atoms with Gasteiger partial charge in [-0.1, -0.05) is 6.07 Å². The number of ether oxygens (including phenoxy) is 1. The molecule has 128 valence electrons. The van der Waals surface area contributed by atoms with Gasteiger partial charge >= 0.3 is 6.03 Å². The minimum absolute atomic E-state index is 0.140. The smallest absolute Gasteiger partial charge is 0.335 e. The lowest BCUT2D eigenvalue weighted by molar-refractivity contribution is 0.256. The summed E-state index contributed by atoms with van der Waals surface area (Å²) in [6.45, 7) is 1.64. The summed E-state index contributed by atoms with van der Waals surface area (Å²) in [7, 11) is -3.01. The predicted molar refractivity (Wildman–Crippen MR) is 91.8 cm³/mol. The van der Waals surface area contributed by atoms with Gasteiger partial charge in [0.05, 0.1) is 7.11 Å². The van der Waals surface area contributed by atoms with E-state index in [2.05, 4.69) is 15.3 Å². The number of halogens is 2. The number of benzene rings is 1. The first-order chi connectivity index (χ1) is 11.2. The molecule has 0 fully saturated rings. The summed E-state index contributed by atoms with van der Waals surface area (Å²) in [6.07, 6.45) is 0. The van der Waals surface area contributed by atoms with Crippen molar-refractivity contribution in [2.45, 2.75) is 11.8 Å². The molecule has 0 aliphatic rings. The quantitative estimate of drug-likeness (QED) is 0.668. The fourth-order valence-electron chi connectivity index (χ4n) is 1.74. The van der Waals surface area contributed by atoms with Crippen LogP contribution in [0.15, 0.2) is 29.2 Å². The van der Waals surface area contributed by atoms with Crippen LogP contribution in [0.5, 0.6) is 5.88 Å². The molecule has 0 aliphatic carbocycles. The first-order valence-electron chi connectivity index (χ1n) is 6.40. The standard InChI is InChI=1S/C13H12FIN4O4S/c1-7-6-10(23-2)17-12(16-7)18-13(20)19-24(21,22)11-8(14)4-3-5-9(11)15/h3-6H,1-2H3,(H2,16,17,18,19,20). The molecule has 8 nitrogen and oxygen atoms in total. The SMILES string of the molecule is COc1cc(C)nc(NC(=O)NS(=O)(=O)c2c(F)cccc2I)n1. The van der Waals surface area contributed by atoms with E-state index in [0.29, 0.717) is 5.69 Å². The van der Waals surface area contributed by atoms with E-state index in [4.69, 9.17) is 4.74 Å². The monoisotopic (exact) mass is 466 g/mol. The molecule has 2 N–H and O–H groups in total. The number of hydrogen-bond donors (Lipinski definition) is 2. The maximum atomic E-state index is 13.8. The second kappa shape index (κ2) is 7.25. The van der Waals surface area contributed by atoms with Gasteiger partial charge in [0.1, 0.15) is 10.7 Å². The highest BCUT2D eigenvalue weighted by Gasteiger charge is 2.25. The Hall–Kier alpha value is -2.02. The van der Waals surface area contributed by atoms with E-state index in [1.54, 1.807) is 34.2 Å². The molecule has 2 rings (SSSR count). The fraction of sp³-hybridized carbons (Fsp3) is 0.154. The number of aromatic nitrogens is 2. The van der Waals surface area contributed by atoms with Crippen LogP contribution >= 0.6 is 22.6 Å². The van der Waals surface area contributed by atoms with Crippen LogP contribution in [0.2, 0.25) is 0 Å². The van der Waals surface area contributed by atoms with E-state index in [0.717, 1.165) is 6.07 Å². The van der Waals surface area contributed by atoms with Crippen molar-refractivity contribution in [3.8, 4) is 5.88 Å². The summed E-state index contributed by atoms with van der Waals surface area (Å²) in [5.41, 5.74) is 0.503. The number of carbonyl (C=O) groups excluding carboxylic acids is 1. The third-order valence-electron chi connectivity index (χ3n) is 2.68. The van der Waals surface area contributed by atoms with Gasteiger partial charge in [-0.25, -0.2) is 27.3 Å². The lowest BCUT2D eigenvalue weighted by Crippen LogP contribution is -2.35. The van der Waals surface area contributed by atoms with Crippen molar-refractivity contribution in [1.29, 1.82) is 0 Å². The van der Waals surface area contributed by atoms with Crippen molar-refractivity contribution in [3.63, 3.8) is 0 Å². The van der Waals surface area contributed by atoms with Gasteiger partial charge in [0, 0.05) is 15.3 Å². The number of carbonyl (C=O) groups is 1. The molecule has 24 heavy (non-hydrogen) atoms. The Morgan fingerprint density at radius 1 is 1.33 bits per heavy atom. The number of aryl methyl sites for hydroxylation is 1. The van der Waals surface area contributed by atoms with Crippen LogP contribution in [0, 0.1) is 16.3 Å². The molecule has 2 aromatic rings. The van der Waals surface area contributed by atoms with Gasteiger partial charge in [-0.2, -0.15) is 4.98 Å². The zero-order chi connectivity index (χ0) is 17.9. The summed E-state index contributed by atoms with van der Waals surface area (Å²) < 4.78 is 44.9. The zero-order valence-electron chi connectivity index (χ0n) is 12.5. The lowest BCUT2D eigenvalue weighted by Gasteiger charge is -2.10. The molecule has 11 heteroatoms. The van der Waals surface area contributed by atoms with Crippen LogP contribution in [0.1, 0.15) is 5.69 Å². The number of urea groups is 1. The van der Waals surface area contributed by atoms with Crippen molar-refractivity contribution in [3.05, 3.63) is 39.3 Å². The molecule has 0 radical (unpaired) electrons. The number of nitrogens with one attached hydrogen (secondary N) is 2. The van der Waals surface area contributed by atoms with Crippen LogP contribution in [0.25, 0.3) is 0 Å². The molecule has 0 bridgehead atoms. The number of nitrogens with zero attached hydrogens (tertiary/aromatic N) is 2.